The van der Waals surface area contributed by atoms with E-state index in [9.17, 15) is 27.9 Å². The Balaban J connectivity index is 1.50. The Labute approximate surface area is 240 Å². The number of aromatic hydroxyl groups is 1. The van der Waals surface area contributed by atoms with Crippen LogP contribution in [0.1, 0.15) is 62.7 Å². The molecule has 0 saturated heterocycles. The Hall–Kier alpha value is -4.74. The zero-order chi connectivity index (χ0) is 31.0. The molecule has 0 bridgehead atoms. The van der Waals surface area contributed by atoms with Gasteiger partial charge in [0.1, 0.15) is 22.8 Å². The summed E-state index contributed by atoms with van der Waals surface area (Å²) >= 11 is 0. The standard InChI is InChI=1S/C30H31F3N4O5/c1-15-16(2)26-24(17(3)25(15)39)22(38)14-29(4,42-26)10-11-41-23-9-8-20(13-21(23)30(31,32)33)36-27(40)18-6-5-7-19(12-18)37-28(34)35/h5-9,12-13,39H,10-11,14H2,1-4H3,(H,36,40)(H4,34,35,37). The van der Waals surface area contributed by atoms with E-state index in [1.165, 1.54) is 24.3 Å². The van der Waals surface area contributed by atoms with E-state index in [0.29, 0.717) is 33.7 Å². The molecule has 0 spiro atoms. The van der Waals surface area contributed by atoms with Gasteiger partial charge in [0.2, 0.25) is 0 Å². The Kier molecular flexibility index (Phi) is 8.11. The molecule has 3 aromatic carbocycles. The van der Waals surface area contributed by atoms with Crippen LogP contribution >= 0.6 is 0 Å². The van der Waals surface area contributed by atoms with Crippen LogP contribution in [0, 0.1) is 20.8 Å². The zero-order valence-corrected chi connectivity index (χ0v) is 23.5. The molecular formula is C30H31F3N4O5. The minimum atomic E-state index is -4.78. The second-order valence-electron chi connectivity index (χ2n) is 10.4. The van der Waals surface area contributed by atoms with Crippen molar-refractivity contribution in [2.45, 2.75) is 52.3 Å². The number of fused-ring (bicyclic) bond motifs is 1. The molecule has 0 aromatic heterocycles. The number of nitrogens with one attached hydrogen (secondary N) is 1. The van der Waals surface area contributed by atoms with E-state index in [2.05, 4.69) is 10.3 Å². The molecule has 42 heavy (non-hydrogen) atoms. The number of benzene rings is 3. The number of amides is 1. The first kappa shape index (κ1) is 30.2. The van der Waals surface area contributed by atoms with E-state index in [-0.39, 0.29) is 48.2 Å². The van der Waals surface area contributed by atoms with Crippen molar-refractivity contribution in [1.29, 1.82) is 0 Å². The van der Waals surface area contributed by atoms with Crippen molar-refractivity contribution < 1.29 is 37.3 Å². The van der Waals surface area contributed by atoms with E-state index < -0.39 is 29.0 Å². The van der Waals surface area contributed by atoms with Crippen LogP contribution in [-0.2, 0) is 6.18 Å². The summed E-state index contributed by atoms with van der Waals surface area (Å²) in [5.74, 6) is -1.14. The van der Waals surface area contributed by atoms with Crippen molar-refractivity contribution in [3.8, 4) is 17.2 Å². The topological polar surface area (TPSA) is 149 Å². The lowest BCUT2D eigenvalue weighted by molar-refractivity contribution is -0.139. The molecule has 3 aromatic rings. The summed E-state index contributed by atoms with van der Waals surface area (Å²) in [5.41, 5.74) is 10.9. The first-order chi connectivity index (χ1) is 19.6. The number of ketones is 1. The Morgan fingerprint density at radius 3 is 2.50 bits per heavy atom. The normalized spacial score (nSPS) is 16.3. The van der Waals surface area contributed by atoms with Gasteiger partial charge >= 0.3 is 6.18 Å². The van der Waals surface area contributed by atoms with Crippen molar-refractivity contribution in [2.75, 3.05) is 11.9 Å². The van der Waals surface area contributed by atoms with Gasteiger partial charge in [-0.3, -0.25) is 9.59 Å². The van der Waals surface area contributed by atoms with Crippen molar-refractivity contribution >= 4 is 29.0 Å². The monoisotopic (exact) mass is 584 g/mol. The number of phenols is 1. The number of hydrogen-bond donors (Lipinski definition) is 4. The van der Waals surface area contributed by atoms with Crippen LogP contribution in [0.15, 0.2) is 47.5 Å². The summed E-state index contributed by atoms with van der Waals surface area (Å²) < 4.78 is 53.7. The maximum absolute atomic E-state index is 14.0. The van der Waals surface area contributed by atoms with Gasteiger partial charge in [0.05, 0.1) is 29.8 Å². The number of nitrogens with zero attached hydrogens (tertiary/aromatic N) is 1. The lowest BCUT2D eigenvalue weighted by Crippen LogP contribution is -2.41. The van der Waals surface area contributed by atoms with Crippen LogP contribution in [0.3, 0.4) is 0 Å². The zero-order valence-electron chi connectivity index (χ0n) is 23.5. The fourth-order valence-corrected chi connectivity index (χ4v) is 4.82. The molecule has 0 fully saturated rings. The molecule has 1 atom stereocenters. The van der Waals surface area contributed by atoms with Crippen LogP contribution in [0.4, 0.5) is 24.5 Å². The highest BCUT2D eigenvalue weighted by Gasteiger charge is 2.40. The first-order valence-corrected chi connectivity index (χ1v) is 13.0. The number of carbonyl (C=O) groups excluding carboxylic acids is 2. The van der Waals surface area contributed by atoms with Crippen molar-refractivity contribution in [3.05, 3.63) is 75.8 Å². The first-order valence-electron chi connectivity index (χ1n) is 13.0. The van der Waals surface area contributed by atoms with Gasteiger partial charge in [-0.15, -0.1) is 0 Å². The molecule has 12 heteroatoms. The number of Topliss-reactive ketones (excluding diaryl/α,β-unsaturated/α-hetero) is 1. The second-order valence-corrected chi connectivity index (χ2v) is 10.4. The van der Waals surface area contributed by atoms with E-state index in [4.69, 9.17) is 20.9 Å². The summed E-state index contributed by atoms with van der Waals surface area (Å²) in [7, 11) is 0. The molecule has 4 rings (SSSR count). The number of ether oxygens (including phenoxy) is 2. The lowest BCUT2D eigenvalue weighted by atomic mass is 9.85. The summed E-state index contributed by atoms with van der Waals surface area (Å²) in [6, 6.07) is 9.15. The lowest BCUT2D eigenvalue weighted by Gasteiger charge is -2.37. The third kappa shape index (κ3) is 6.27. The number of nitrogens with two attached hydrogens (primary N) is 2. The molecule has 1 amide bonds. The third-order valence-electron chi connectivity index (χ3n) is 7.18. The second kappa shape index (κ2) is 11.3. The van der Waals surface area contributed by atoms with Gasteiger partial charge in [0.15, 0.2) is 11.7 Å². The molecule has 6 N–H and O–H groups in total. The van der Waals surface area contributed by atoms with Crippen molar-refractivity contribution in [1.82, 2.24) is 0 Å². The largest absolute Gasteiger partial charge is 0.507 e. The SMILES string of the molecule is Cc1c(C)c2c(c(C)c1O)C(=O)CC(C)(CCOc1ccc(NC(=O)c3cccc(N=C(N)N)c3)cc1C(F)(F)F)O2. The van der Waals surface area contributed by atoms with E-state index in [1.807, 2.05) is 0 Å². The van der Waals surface area contributed by atoms with Gasteiger partial charge in [-0.2, -0.15) is 13.2 Å². The van der Waals surface area contributed by atoms with Gasteiger partial charge in [-0.1, -0.05) is 6.07 Å². The van der Waals surface area contributed by atoms with Crippen LogP contribution in [-0.4, -0.2) is 35.0 Å². The number of alkyl halides is 3. The van der Waals surface area contributed by atoms with Crippen molar-refractivity contribution in [3.63, 3.8) is 0 Å². The van der Waals surface area contributed by atoms with E-state index in [0.717, 1.165) is 12.1 Å². The molecule has 1 aliphatic heterocycles. The minimum absolute atomic E-state index is 0.0341. The fraction of sp³-hybridized carbons (Fsp3) is 0.300. The summed E-state index contributed by atoms with van der Waals surface area (Å²) in [4.78, 5) is 29.6. The maximum atomic E-state index is 14.0. The Bertz CT molecular complexity index is 1600. The van der Waals surface area contributed by atoms with Gasteiger partial charge < -0.3 is 31.4 Å². The highest BCUT2D eigenvalue weighted by atomic mass is 19.4. The number of anilines is 1. The molecule has 0 saturated carbocycles. The van der Waals surface area contributed by atoms with Gasteiger partial charge in [-0.25, -0.2) is 4.99 Å². The number of carbonyl (C=O) groups is 2. The molecule has 222 valence electrons. The van der Waals surface area contributed by atoms with Crippen molar-refractivity contribution in [2.24, 2.45) is 16.5 Å². The molecule has 9 nitrogen and oxygen atoms in total. The smallest absolute Gasteiger partial charge is 0.420 e. The fourth-order valence-electron chi connectivity index (χ4n) is 4.82. The maximum Gasteiger partial charge on any atom is 0.420 e. The van der Waals surface area contributed by atoms with Crippen LogP contribution in [0.5, 0.6) is 17.2 Å². The van der Waals surface area contributed by atoms with Gasteiger partial charge in [0.25, 0.3) is 5.91 Å². The minimum Gasteiger partial charge on any atom is -0.507 e. The van der Waals surface area contributed by atoms with Gasteiger partial charge in [-0.05, 0) is 75.2 Å². The summed E-state index contributed by atoms with van der Waals surface area (Å²) in [6.07, 6.45) is -4.70. The van der Waals surface area contributed by atoms with Crippen LogP contribution in [0.2, 0.25) is 0 Å². The van der Waals surface area contributed by atoms with E-state index >= 15 is 0 Å². The number of rotatable bonds is 7. The summed E-state index contributed by atoms with van der Waals surface area (Å²) in [6.45, 7) is 6.61. The number of guanidine groups is 1. The Morgan fingerprint density at radius 2 is 1.83 bits per heavy atom. The number of hydrogen-bond acceptors (Lipinski definition) is 6. The van der Waals surface area contributed by atoms with E-state index in [1.54, 1.807) is 33.8 Å². The average Bonchev–Trinajstić information content (AvgIpc) is 2.90. The number of aliphatic imine (C=N–C) groups is 1. The molecular weight excluding hydrogens is 553 g/mol. The molecule has 1 unspecified atom stereocenters. The highest BCUT2D eigenvalue weighted by molar-refractivity contribution is 6.05. The third-order valence-corrected chi connectivity index (χ3v) is 7.18. The Morgan fingerprint density at radius 1 is 1.12 bits per heavy atom. The number of phenolic OH excluding ortho intramolecular Hbond substituents is 1. The molecule has 1 aliphatic rings. The quantitative estimate of drug-likeness (QED) is 0.206. The van der Waals surface area contributed by atoms with Crippen LogP contribution < -0.4 is 26.3 Å². The molecule has 1 heterocycles. The summed E-state index contributed by atoms with van der Waals surface area (Å²) in [5, 5.41) is 12.8. The number of halogens is 3. The van der Waals surface area contributed by atoms with Crippen LogP contribution in [0.25, 0.3) is 0 Å². The molecule has 0 radical (unpaired) electrons. The molecule has 0 aliphatic carbocycles. The average molecular weight is 585 g/mol. The van der Waals surface area contributed by atoms with Gasteiger partial charge in [0, 0.05) is 23.2 Å². The predicted molar refractivity (Wildman–Crippen MR) is 152 cm³/mol. The predicted octanol–water partition coefficient (Wildman–Crippen LogP) is 5.69. The highest BCUT2D eigenvalue weighted by Crippen LogP contribution is 2.44.